The lowest BCUT2D eigenvalue weighted by molar-refractivity contribution is 0.0856. The number of piperidine rings is 1. The van der Waals surface area contributed by atoms with Crippen LogP contribution in [0, 0.1) is 0 Å². The fourth-order valence-electron chi connectivity index (χ4n) is 2.52. The van der Waals surface area contributed by atoms with E-state index in [2.05, 4.69) is 20.6 Å². The second-order valence-corrected chi connectivity index (χ2v) is 5.62. The summed E-state index contributed by atoms with van der Waals surface area (Å²) in [6, 6.07) is 1.59. The molecule has 2 heterocycles. The SMILES string of the molecule is CCOC(=O)N1CCC(NC(=O)c2ccnc(NCCOC)n2)CC1. The zero-order valence-corrected chi connectivity index (χ0v) is 14.7. The van der Waals surface area contributed by atoms with Gasteiger partial charge in [-0.15, -0.1) is 0 Å². The Morgan fingerprint density at radius 1 is 1.36 bits per heavy atom. The van der Waals surface area contributed by atoms with Crippen molar-refractivity contribution >= 4 is 17.9 Å². The lowest BCUT2D eigenvalue weighted by Crippen LogP contribution is -2.46. The number of anilines is 1. The van der Waals surface area contributed by atoms with E-state index in [1.807, 2.05) is 0 Å². The van der Waals surface area contributed by atoms with Crippen LogP contribution in [0.3, 0.4) is 0 Å². The molecule has 1 aromatic rings. The van der Waals surface area contributed by atoms with Crippen molar-refractivity contribution in [2.24, 2.45) is 0 Å². The summed E-state index contributed by atoms with van der Waals surface area (Å²) < 4.78 is 9.94. The molecule has 9 nitrogen and oxygen atoms in total. The van der Waals surface area contributed by atoms with E-state index in [0.717, 1.165) is 0 Å². The first-order valence-corrected chi connectivity index (χ1v) is 8.42. The van der Waals surface area contributed by atoms with Gasteiger partial charge in [-0.1, -0.05) is 0 Å². The highest BCUT2D eigenvalue weighted by Crippen LogP contribution is 2.12. The molecule has 1 aromatic heterocycles. The topological polar surface area (TPSA) is 106 Å². The lowest BCUT2D eigenvalue weighted by atomic mass is 10.1. The highest BCUT2D eigenvalue weighted by molar-refractivity contribution is 5.92. The molecule has 2 amide bonds. The molecule has 0 radical (unpaired) electrons. The maximum Gasteiger partial charge on any atom is 0.409 e. The molecule has 1 aliphatic heterocycles. The van der Waals surface area contributed by atoms with Gasteiger partial charge in [0.2, 0.25) is 5.95 Å². The van der Waals surface area contributed by atoms with Crippen LogP contribution < -0.4 is 10.6 Å². The first-order chi connectivity index (χ1) is 12.1. The van der Waals surface area contributed by atoms with Gasteiger partial charge in [0.1, 0.15) is 5.69 Å². The van der Waals surface area contributed by atoms with Crippen molar-refractivity contribution in [2.45, 2.75) is 25.8 Å². The number of likely N-dealkylation sites (tertiary alicyclic amines) is 1. The number of hydrogen-bond acceptors (Lipinski definition) is 7. The number of ether oxygens (including phenoxy) is 2. The van der Waals surface area contributed by atoms with Crippen LogP contribution in [-0.4, -0.2) is 72.9 Å². The molecule has 1 aliphatic rings. The molecular weight excluding hydrogens is 326 g/mol. The molecule has 0 unspecified atom stereocenters. The summed E-state index contributed by atoms with van der Waals surface area (Å²) in [4.78, 5) is 34.0. The predicted molar refractivity (Wildman–Crippen MR) is 91.5 cm³/mol. The fourth-order valence-corrected chi connectivity index (χ4v) is 2.52. The standard InChI is InChI=1S/C16H25N5O4/c1-3-25-16(23)21-9-5-12(6-10-21)19-14(22)13-4-7-17-15(20-13)18-8-11-24-2/h4,7,12H,3,5-6,8-11H2,1-2H3,(H,19,22)(H,17,18,20). The van der Waals surface area contributed by atoms with Crippen molar-refractivity contribution in [3.63, 3.8) is 0 Å². The minimum Gasteiger partial charge on any atom is -0.450 e. The van der Waals surface area contributed by atoms with Gasteiger partial charge in [0.25, 0.3) is 5.91 Å². The number of carbonyl (C=O) groups is 2. The number of amides is 2. The number of aromatic nitrogens is 2. The highest BCUT2D eigenvalue weighted by Gasteiger charge is 2.25. The van der Waals surface area contributed by atoms with Gasteiger partial charge in [-0.2, -0.15) is 0 Å². The number of nitrogens with zero attached hydrogens (tertiary/aromatic N) is 3. The predicted octanol–water partition coefficient (Wildman–Crippen LogP) is 0.886. The Morgan fingerprint density at radius 3 is 2.80 bits per heavy atom. The molecule has 1 saturated heterocycles. The minimum atomic E-state index is -0.296. The van der Waals surface area contributed by atoms with E-state index < -0.39 is 0 Å². The average Bonchev–Trinajstić information content (AvgIpc) is 2.63. The second kappa shape index (κ2) is 9.77. The van der Waals surface area contributed by atoms with E-state index in [1.54, 1.807) is 31.2 Å². The molecule has 9 heteroatoms. The molecule has 0 saturated carbocycles. The normalized spacial score (nSPS) is 14.9. The van der Waals surface area contributed by atoms with Crippen molar-refractivity contribution in [1.29, 1.82) is 0 Å². The van der Waals surface area contributed by atoms with Crippen molar-refractivity contribution in [2.75, 3.05) is 45.3 Å². The summed E-state index contributed by atoms with van der Waals surface area (Å²) in [5.41, 5.74) is 0.308. The third-order valence-corrected chi connectivity index (χ3v) is 3.83. The highest BCUT2D eigenvalue weighted by atomic mass is 16.6. The van der Waals surface area contributed by atoms with Gasteiger partial charge in [0.15, 0.2) is 0 Å². The summed E-state index contributed by atoms with van der Waals surface area (Å²) in [5, 5.41) is 5.95. The lowest BCUT2D eigenvalue weighted by Gasteiger charge is -2.31. The van der Waals surface area contributed by atoms with Crippen molar-refractivity contribution in [3.05, 3.63) is 18.0 Å². The minimum absolute atomic E-state index is 0.0121. The Hall–Kier alpha value is -2.42. The molecule has 0 atom stereocenters. The Morgan fingerprint density at radius 2 is 2.12 bits per heavy atom. The third kappa shape index (κ3) is 5.86. The molecule has 1 fully saturated rings. The zero-order valence-electron chi connectivity index (χ0n) is 14.7. The molecule has 138 valence electrons. The van der Waals surface area contributed by atoms with Crippen LogP contribution in [0.25, 0.3) is 0 Å². The molecule has 25 heavy (non-hydrogen) atoms. The summed E-state index contributed by atoms with van der Waals surface area (Å²) in [6.07, 6.45) is 2.62. The quantitative estimate of drug-likeness (QED) is 0.703. The van der Waals surface area contributed by atoms with Crippen molar-refractivity contribution < 1.29 is 19.1 Å². The molecule has 0 aliphatic carbocycles. The average molecular weight is 351 g/mol. The van der Waals surface area contributed by atoms with Crippen LogP contribution in [0.5, 0.6) is 0 Å². The largest absolute Gasteiger partial charge is 0.450 e. The van der Waals surface area contributed by atoms with Gasteiger partial charge in [-0.05, 0) is 25.8 Å². The Balaban J connectivity index is 1.82. The maximum atomic E-state index is 12.4. The number of methoxy groups -OCH3 is 1. The van der Waals surface area contributed by atoms with Crippen LogP contribution in [0.2, 0.25) is 0 Å². The number of hydrogen-bond donors (Lipinski definition) is 2. The van der Waals surface area contributed by atoms with Crippen molar-refractivity contribution in [3.8, 4) is 0 Å². The summed E-state index contributed by atoms with van der Waals surface area (Å²) >= 11 is 0. The summed E-state index contributed by atoms with van der Waals surface area (Å²) in [6.45, 7) is 4.37. The molecule has 2 N–H and O–H groups in total. The number of rotatable bonds is 7. The van der Waals surface area contributed by atoms with E-state index >= 15 is 0 Å². The second-order valence-electron chi connectivity index (χ2n) is 5.62. The number of carbonyl (C=O) groups excluding carboxylic acids is 2. The van der Waals surface area contributed by atoms with Gasteiger partial charge in [-0.3, -0.25) is 4.79 Å². The van der Waals surface area contributed by atoms with Gasteiger partial charge in [0, 0.05) is 39.0 Å². The molecule has 0 spiro atoms. The van der Waals surface area contributed by atoms with Gasteiger partial charge in [-0.25, -0.2) is 14.8 Å². The molecular formula is C16H25N5O4. The number of nitrogens with one attached hydrogen (secondary N) is 2. The summed E-state index contributed by atoms with van der Waals surface area (Å²) in [7, 11) is 1.61. The van der Waals surface area contributed by atoms with Gasteiger partial charge < -0.3 is 25.0 Å². The maximum absolute atomic E-state index is 12.4. The van der Waals surface area contributed by atoms with E-state index in [9.17, 15) is 9.59 Å². The van der Waals surface area contributed by atoms with Crippen LogP contribution in [0.1, 0.15) is 30.3 Å². The third-order valence-electron chi connectivity index (χ3n) is 3.83. The first kappa shape index (κ1) is 18.9. The van der Waals surface area contributed by atoms with E-state index in [0.29, 0.717) is 57.3 Å². The van der Waals surface area contributed by atoms with Crippen LogP contribution in [0.4, 0.5) is 10.7 Å². The van der Waals surface area contributed by atoms with Gasteiger partial charge >= 0.3 is 6.09 Å². The van der Waals surface area contributed by atoms with Gasteiger partial charge in [0.05, 0.1) is 13.2 Å². The zero-order chi connectivity index (χ0) is 18.1. The molecule has 2 rings (SSSR count). The van der Waals surface area contributed by atoms with E-state index in [-0.39, 0.29) is 18.0 Å². The fraction of sp³-hybridized carbons (Fsp3) is 0.625. The smallest absolute Gasteiger partial charge is 0.409 e. The van der Waals surface area contributed by atoms with E-state index in [4.69, 9.17) is 9.47 Å². The molecule has 0 bridgehead atoms. The van der Waals surface area contributed by atoms with Crippen LogP contribution in [0.15, 0.2) is 12.3 Å². The Kier molecular flexibility index (Phi) is 7.39. The van der Waals surface area contributed by atoms with Crippen molar-refractivity contribution in [1.82, 2.24) is 20.2 Å². The first-order valence-electron chi connectivity index (χ1n) is 8.42. The molecule has 0 aromatic carbocycles. The van der Waals surface area contributed by atoms with Crippen LogP contribution in [-0.2, 0) is 9.47 Å². The monoisotopic (exact) mass is 351 g/mol. The Bertz CT molecular complexity index is 575. The van der Waals surface area contributed by atoms with Crippen LogP contribution >= 0.6 is 0 Å². The van der Waals surface area contributed by atoms with E-state index in [1.165, 1.54) is 0 Å². The Labute approximate surface area is 147 Å². The summed E-state index contributed by atoms with van der Waals surface area (Å²) in [5.74, 6) is 0.147.